The van der Waals surface area contributed by atoms with Gasteiger partial charge in [0.05, 0.1) is 4.90 Å². The van der Waals surface area contributed by atoms with E-state index in [-0.39, 0.29) is 10.8 Å². The minimum absolute atomic E-state index is 0.179. The van der Waals surface area contributed by atoms with E-state index in [4.69, 9.17) is 4.74 Å². The van der Waals surface area contributed by atoms with Crippen LogP contribution in [-0.2, 0) is 19.6 Å². The maximum Gasteiger partial charge on any atom is 0.240 e. The van der Waals surface area contributed by atoms with Crippen LogP contribution in [0.1, 0.15) is 19.8 Å². The number of carbonyl (C=O) groups is 1. The van der Waals surface area contributed by atoms with Gasteiger partial charge in [-0.05, 0) is 37.1 Å². The first kappa shape index (κ1) is 16.6. The topological polar surface area (TPSA) is 84.5 Å². The molecule has 0 atom stereocenters. The van der Waals surface area contributed by atoms with E-state index in [0.29, 0.717) is 18.8 Å². The fourth-order valence-electron chi connectivity index (χ4n) is 1.58. The first-order valence-electron chi connectivity index (χ1n) is 6.32. The third-order valence-corrected chi connectivity index (χ3v) is 4.03. The standard InChI is InChI=1S/C13H20N2O4S/c1-11(16)15-12-5-7-13(8-6-12)20(17,18)14-9-3-4-10-19-2/h5-8,14H,3-4,9-10H2,1-2H3,(H,15,16). The number of nitrogens with one attached hydrogen (secondary N) is 2. The van der Waals surface area contributed by atoms with Crippen molar-refractivity contribution < 1.29 is 17.9 Å². The number of rotatable bonds is 8. The molecule has 0 bridgehead atoms. The van der Waals surface area contributed by atoms with Crippen molar-refractivity contribution in [2.24, 2.45) is 0 Å². The van der Waals surface area contributed by atoms with Crippen molar-refractivity contribution >= 4 is 21.6 Å². The molecule has 0 aliphatic heterocycles. The predicted octanol–water partition coefficient (Wildman–Crippen LogP) is 1.35. The van der Waals surface area contributed by atoms with E-state index < -0.39 is 10.0 Å². The van der Waals surface area contributed by atoms with Crippen LogP contribution in [0.4, 0.5) is 5.69 Å². The maximum atomic E-state index is 12.0. The smallest absolute Gasteiger partial charge is 0.240 e. The highest BCUT2D eigenvalue weighted by atomic mass is 32.2. The normalized spacial score (nSPS) is 11.3. The molecular weight excluding hydrogens is 280 g/mol. The van der Waals surface area contributed by atoms with Gasteiger partial charge >= 0.3 is 0 Å². The number of hydrogen-bond donors (Lipinski definition) is 2. The summed E-state index contributed by atoms with van der Waals surface area (Å²) < 4.78 is 31.4. The van der Waals surface area contributed by atoms with E-state index >= 15 is 0 Å². The van der Waals surface area contributed by atoms with Gasteiger partial charge in [0.25, 0.3) is 0 Å². The van der Waals surface area contributed by atoms with Gasteiger partial charge in [-0.1, -0.05) is 0 Å². The molecule has 1 aromatic carbocycles. The third-order valence-electron chi connectivity index (χ3n) is 2.55. The Morgan fingerprint density at radius 2 is 1.85 bits per heavy atom. The quantitative estimate of drug-likeness (QED) is 0.710. The molecule has 20 heavy (non-hydrogen) atoms. The summed E-state index contributed by atoms with van der Waals surface area (Å²) in [5, 5.41) is 2.58. The second-order valence-corrected chi connectivity index (χ2v) is 6.07. The molecule has 0 unspecified atom stereocenters. The van der Waals surface area contributed by atoms with E-state index in [1.807, 2.05) is 0 Å². The summed E-state index contributed by atoms with van der Waals surface area (Å²) in [4.78, 5) is 11.0. The molecule has 0 aliphatic carbocycles. The van der Waals surface area contributed by atoms with E-state index in [1.165, 1.54) is 19.1 Å². The van der Waals surface area contributed by atoms with Crippen molar-refractivity contribution in [1.82, 2.24) is 4.72 Å². The molecule has 0 saturated heterocycles. The molecule has 1 aromatic rings. The molecule has 1 rings (SSSR count). The fourth-order valence-corrected chi connectivity index (χ4v) is 2.66. The average molecular weight is 300 g/mol. The molecule has 112 valence electrons. The Bertz CT molecular complexity index is 526. The molecule has 7 heteroatoms. The van der Waals surface area contributed by atoms with Gasteiger partial charge in [0.1, 0.15) is 0 Å². The van der Waals surface area contributed by atoms with E-state index in [0.717, 1.165) is 12.8 Å². The molecule has 0 aliphatic rings. The van der Waals surface area contributed by atoms with Crippen molar-refractivity contribution in [1.29, 1.82) is 0 Å². The second kappa shape index (κ2) is 7.98. The average Bonchev–Trinajstić information content (AvgIpc) is 2.38. The highest BCUT2D eigenvalue weighted by Crippen LogP contribution is 2.13. The Hall–Kier alpha value is -1.44. The summed E-state index contributed by atoms with van der Waals surface area (Å²) in [6.07, 6.45) is 1.53. The molecule has 0 saturated carbocycles. The van der Waals surface area contributed by atoms with E-state index in [9.17, 15) is 13.2 Å². The number of benzene rings is 1. The number of methoxy groups -OCH3 is 1. The van der Waals surface area contributed by atoms with Crippen LogP contribution in [0.3, 0.4) is 0 Å². The minimum Gasteiger partial charge on any atom is -0.385 e. The number of hydrogen-bond acceptors (Lipinski definition) is 4. The molecule has 0 radical (unpaired) electrons. The highest BCUT2D eigenvalue weighted by Gasteiger charge is 2.12. The lowest BCUT2D eigenvalue weighted by Crippen LogP contribution is -2.25. The Labute approximate surface area is 119 Å². The van der Waals surface area contributed by atoms with Gasteiger partial charge in [-0.3, -0.25) is 4.79 Å². The van der Waals surface area contributed by atoms with Crippen LogP contribution in [0, 0.1) is 0 Å². The number of ether oxygens (including phenoxy) is 1. The molecule has 0 spiro atoms. The van der Waals surface area contributed by atoms with Crippen LogP contribution in [0.5, 0.6) is 0 Å². The van der Waals surface area contributed by atoms with Gasteiger partial charge in [-0.15, -0.1) is 0 Å². The lowest BCUT2D eigenvalue weighted by Gasteiger charge is -2.08. The first-order valence-corrected chi connectivity index (χ1v) is 7.80. The van der Waals surface area contributed by atoms with Gasteiger partial charge in [0.2, 0.25) is 15.9 Å². The molecule has 0 fully saturated rings. The maximum absolute atomic E-state index is 12.0. The van der Waals surface area contributed by atoms with Crippen molar-refractivity contribution in [3.63, 3.8) is 0 Å². The Morgan fingerprint density at radius 3 is 2.40 bits per heavy atom. The minimum atomic E-state index is -3.50. The van der Waals surface area contributed by atoms with E-state index in [1.54, 1.807) is 19.2 Å². The Morgan fingerprint density at radius 1 is 1.20 bits per heavy atom. The van der Waals surface area contributed by atoms with Crippen molar-refractivity contribution in [3.05, 3.63) is 24.3 Å². The lowest BCUT2D eigenvalue weighted by atomic mass is 10.3. The molecule has 1 amide bonds. The van der Waals surface area contributed by atoms with Crippen LogP contribution in [0.2, 0.25) is 0 Å². The SMILES string of the molecule is COCCCCNS(=O)(=O)c1ccc(NC(C)=O)cc1. The largest absolute Gasteiger partial charge is 0.385 e. The monoisotopic (exact) mass is 300 g/mol. The zero-order valence-electron chi connectivity index (χ0n) is 11.7. The molecule has 6 nitrogen and oxygen atoms in total. The summed E-state index contributed by atoms with van der Waals surface area (Å²) in [6.45, 7) is 2.39. The second-order valence-electron chi connectivity index (χ2n) is 4.30. The van der Waals surface area contributed by atoms with E-state index in [2.05, 4.69) is 10.0 Å². The van der Waals surface area contributed by atoms with Gasteiger partial charge in [0, 0.05) is 32.9 Å². The van der Waals surface area contributed by atoms with Crippen molar-refractivity contribution in [2.75, 3.05) is 25.6 Å². The Balaban J connectivity index is 2.56. The first-order chi connectivity index (χ1) is 9.45. The van der Waals surface area contributed by atoms with Gasteiger partial charge < -0.3 is 10.1 Å². The number of carbonyl (C=O) groups excluding carboxylic acids is 1. The van der Waals surface area contributed by atoms with Crippen LogP contribution in [0.15, 0.2) is 29.2 Å². The number of sulfonamides is 1. The highest BCUT2D eigenvalue weighted by molar-refractivity contribution is 7.89. The summed E-state index contributed by atoms with van der Waals surface area (Å²) in [5.41, 5.74) is 0.566. The summed E-state index contributed by atoms with van der Waals surface area (Å²) in [6, 6.07) is 6.04. The predicted molar refractivity (Wildman–Crippen MR) is 77.0 cm³/mol. The number of unbranched alkanes of at least 4 members (excludes halogenated alkanes) is 1. The molecular formula is C13H20N2O4S. The van der Waals surface area contributed by atoms with Crippen LogP contribution in [-0.4, -0.2) is 34.6 Å². The van der Waals surface area contributed by atoms with Crippen LogP contribution in [0.25, 0.3) is 0 Å². The van der Waals surface area contributed by atoms with Crippen LogP contribution < -0.4 is 10.0 Å². The lowest BCUT2D eigenvalue weighted by molar-refractivity contribution is -0.114. The van der Waals surface area contributed by atoms with Crippen molar-refractivity contribution in [2.45, 2.75) is 24.7 Å². The number of anilines is 1. The molecule has 0 heterocycles. The van der Waals surface area contributed by atoms with Crippen LogP contribution >= 0.6 is 0 Å². The summed E-state index contributed by atoms with van der Waals surface area (Å²) in [5.74, 6) is -0.197. The third kappa shape index (κ3) is 5.68. The zero-order chi connectivity index (χ0) is 15.0. The Kier molecular flexibility index (Phi) is 6.63. The van der Waals surface area contributed by atoms with Crippen molar-refractivity contribution in [3.8, 4) is 0 Å². The van der Waals surface area contributed by atoms with Gasteiger partial charge in [-0.2, -0.15) is 0 Å². The van der Waals surface area contributed by atoms with Gasteiger partial charge in [0.15, 0.2) is 0 Å². The number of amides is 1. The fraction of sp³-hybridized carbons (Fsp3) is 0.462. The zero-order valence-corrected chi connectivity index (χ0v) is 12.5. The molecule has 2 N–H and O–H groups in total. The summed E-state index contributed by atoms with van der Waals surface area (Å²) >= 11 is 0. The van der Waals surface area contributed by atoms with Gasteiger partial charge in [-0.25, -0.2) is 13.1 Å². The summed E-state index contributed by atoms with van der Waals surface area (Å²) in [7, 11) is -1.88. The molecule has 0 aromatic heterocycles.